The van der Waals surface area contributed by atoms with Crippen LogP contribution in [-0.2, 0) is 9.47 Å². The number of para-hydroxylation sites is 1. The summed E-state index contributed by atoms with van der Waals surface area (Å²) >= 11 is 8.14. The Bertz CT molecular complexity index is 1040. The molecule has 2 heterocycles. The van der Waals surface area contributed by atoms with E-state index in [0.717, 1.165) is 43.5 Å². The number of rotatable bonds is 8. The zero-order chi connectivity index (χ0) is 27.7. The van der Waals surface area contributed by atoms with E-state index in [0.29, 0.717) is 26.1 Å². The van der Waals surface area contributed by atoms with Crippen LogP contribution in [0.15, 0.2) is 52.3 Å². The molecule has 0 saturated carbocycles. The molecule has 1 amide bonds. The third kappa shape index (κ3) is 9.08. The van der Waals surface area contributed by atoms with Crippen LogP contribution in [0.4, 0.5) is 16.2 Å². The molecule has 2 aromatic carbocycles. The van der Waals surface area contributed by atoms with Gasteiger partial charge in [-0.3, -0.25) is 4.90 Å². The number of hydrogen-bond acceptors (Lipinski definition) is 6. The first-order valence-corrected chi connectivity index (χ1v) is 14.8. The van der Waals surface area contributed by atoms with Crippen LogP contribution < -0.4 is 4.90 Å². The van der Waals surface area contributed by atoms with Gasteiger partial charge in [-0.2, -0.15) is 0 Å². The number of anilines is 2. The number of carbonyl (C=O) groups is 1. The van der Waals surface area contributed by atoms with Crippen LogP contribution in [0.3, 0.4) is 0 Å². The second kappa shape index (κ2) is 14.5. The van der Waals surface area contributed by atoms with Crippen molar-refractivity contribution in [1.82, 2.24) is 9.80 Å². The predicted molar refractivity (Wildman–Crippen MR) is 159 cm³/mol. The lowest BCUT2D eigenvalue weighted by molar-refractivity contribution is -0.0114. The SMILES string of the molecule is CC(C)C.COCCC(C)(C)OC(=O)N1CCN(CCCN2c3ccccc3Sc3ccc(Cl)cc32)CC1. The maximum absolute atomic E-state index is 12.6. The van der Waals surface area contributed by atoms with E-state index in [2.05, 4.69) is 67.0 Å². The van der Waals surface area contributed by atoms with Crippen molar-refractivity contribution in [2.45, 2.75) is 62.9 Å². The molecule has 0 spiro atoms. The molecule has 1 fully saturated rings. The molecule has 8 heteroatoms. The number of carbonyl (C=O) groups excluding carboxylic acids is 1. The lowest BCUT2D eigenvalue weighted by Gasteiger charge is -2.37. The number of nitrogens with zero attached hydrogens (tertiary/aromatic N) is 3. The monoisotopic (exact) mass is 561 g/mol. The molecular formula is C30H44ClN3O3S. The predicted octanol–water partition coefficient (Wildman–Crippen LogP) is 7.56. The van der Waals surface area contributed by atoms with Gasteiger partial charge in [0.2, 0.25) is 0 Å². The number of halogens is 1. The van der Waals surface area contributed by atoms with Crippen LogP contribution in [0.5, 0.6) is 0 Å². The summed E-state index contributed by atoms with van der Waals surface area (Å²) in [5.41, 5.74) is 1.90. The van der Waals surface area contributed by atoms with Crippen molar-refractivity contribution in [1.29, 1.82) is 0 Å². The van der Waals surface area contributed by atoms with Crippen molar-refractivity contribution in [3.8, 4) is 0 Å². The molecule has 2 aliphatic rings. The van der Waals surface area contributed by atoms with Gasteiger partial charge in [0.05, 0.1) is 11.4 Å². The fourth-order valence-electron chi connectivity index (χ4n) is 4.35. The highest BCUT2D eigenvalue weighted by Gasteiger charge is 2.29. The van der Waals surface area contributed by atoms with E-state index in [1.165, 1.54) is 21.2 Å². The highest BCUT2D eigenvalue weighted by Crippen LogP contribution is 2.48. The topological polar surface area (TPSA) is 45.3 Å². The van der Waals surface area contributed by atoms with Crippen molar-refractivity contribution in [2.75, 3.05) is 57.9 Å². The summed E-state index contributed by atoms with van der Waals surface area (Å²) in [6, 6.07) is 14.7. The van der Waals surface area contributed by atoms with E-state index in [1.54, 1.807) is 18.9 Å². The minimum Gasteiger partial charge on any atom is -0.443 e. The minimum absolute atomic E-state index is 0.225. The van der Waals surface area contributed by atoms with Gasteiger partial charge in [0, 0.05) is 67.7 Å². The number of benzene rings is 2. The molecule has 0 bridgehead atoms. The largest absolute Gasteiger partial charge is 0.443 e. The van der Waals surface area contributed by atoms with Gasteiger partial charge in [0.25, 0.3) is 0 Å². The molecule has 1 saturated heterocycles. The fraction of sp³-hybridized carbons (Fsp3) is 0.567. The van der Waals surface area contributed by atoms with Crippen LogP contribution in [0.2, 0.25) is 5.02 Å². The number of amides is 1. The van der Waals surface area contributed by atoms with E-state index < -0.39 is 5.60 Å². The van der Waals surface area contributed by atoms with E-state index in [-0.39, 0.29) is 6.09 Å². The number of fused-ring (bicyclic) bond motifs is 2. The normalized spacial score (nSPS) is 15.5. The Labute approximate surface area is 238 Å². The lowest BCUT2D eigenvalue weighted by atomic mass is 10.1. The van der Waals surface area contributed by atoms with E-state index >= 15 is 0 Å². The standard InChI is InChI=1S/C26H34ClN3O3S.C4H10/c1-26(2,11-18-32-3)33-25(31)29-16-14-28(15-17-29)12-6-13-30-21-7-4-5-8-23(21)34-24-10-9-20(27)19-22(24)30;1-4(2)3/h4-5,7-10,19H,6,11-18H2,1-3H3;4H,1-3H3. The summed E-state index contributed by atoms with van der Waals surface area (Å²) in [6.45, 7) is 16.0. The summed E-state index contributed by atoms with van der Waals surface area (Å²) in [7, 11) is 1.66. The molecule has 0 N–H and O–H groups in total. The molecule has 2 aromatic rings. The van der Waals surface area contributed by atoms with Gasteiger partial charge in [-0.25, -0.2) is 4.79 Å². The van der Waals surface area contributed by atoms with Crippen LogP contribution >= 0.6 is 23.4 Å². The molecular weight excluding hydrogens is 518 g/mol. The summed E-state index contributed by atoms with van der Waals surface area (Å²) in [6.07, 6.45) is 1.48. The molecule has 38 heavy (non-hydrogen) atoms. The fourth-order valence-corrected chi connectivity index (χ4v) is 5.59. The van der Waals surface area contributed by atoms with Gasteiger partial charge in [-0.15, -0.1) is 0 Å². The Morgan fingerprint density at radius 2 is 1.66 bits per heavy atom. The number of ether oxygens (including phenoxy) is 2. The van der Waals surface area contributed by atoms with Crippen LogP contribution in [0.1, 0.15) is 47.5 Å². The summed E-state index contributed by atoms with van der Waals surface area (Å²) in [5, 5.41) is 0.761. The maximum atomic E-state index is 12.6. The molecule has 2 aliphatic heterocycles. The Morgan fingerprint density at radius 3 is 2.34 bits per heavy atom. The number of hydrogen-bond donors (Lipinski definition) is 0. The molecule has 0 aromatic heterocycles. The summed E-state index contributed by atoms with van der Waals surface area (Å²) < 4.78 is 10.8. The Hall–Kier alpha value is -1.93. The average Bonchev–Trinajstić information content (AvgIpc) is 2.87. The highest BCUT2D eigenvalue weighted by molar-refractivity contribution is 7.99. The Morgan fingerprint density at radius 1 is 1.00 bits per heavy atom. The van der Waals surface area contributed by atoms with Crippen molar-refractivity contribution in [3.05, 3.63) is 47.5 Å². The first kappa shape index (κ1) is 30.6. The van der Waals surface area contributed by atoms with Crippen molar-refractivity contribution < 1.29 is 14.3 Å². The average molecular weight is 562 g/mol. The second-order valence-electron chi connectivity index (χ2n) is 11.1. The number of methoxy groups -OCH3 is 1. The van der Waals surface area contributed by atoms with Crippen LogP contribution in [0, 0.1) is 5.92 Å². The minimum atomic E-state index is -0.521. The second-order valence-corrected chi connectivity index (χ2v) is 12.6. The Balaban J connectivity index is 0.000000934. The smallest absolute Gasteiger partial charge is 0.410 e. The first-order valence-electron chi connectivity index (χ1n) is 13.6. The van der Waals surface area contributed by atoms with Gasteiger partial charge in [0.15, 0.2) is 0 Å². The van der Waals surface area contributed by atoms with Crippen LogP contribution in [0.25, 0.3) is 0 Å². The van der Waals surface area contributed by atoms with E-state index in [1.807, 2.05) is 24.8 Å². The van der Waals surface area contributed by atoms with Gasteiger partial charge in [-0.05, 0) is 63.1 Å². The molecule has 210 valence electrons. The quantitative estimate of drug-likeness (QED) is 0.331. The van der Waals surface area contributed by atoms with Crippen molar-refractivity contribution in [3.63, 3.8) is 0 Å². The van der Waals surface area contributed by atoms with Gasteiger partial charge < -0.3 is 19.3 Å². The van der Waals surface area contributed by atoms with Gasteiger partial charge in [-0.1, -0.05) is 56.3 Å². The van der Waals surface area contributed by atoms with E-state index in [4.69, 9.17) is 21.1 Å². The van der Waals surface area contributed by atoms with Crippen molar-refractivity contribution in [2.24, 2.45) is 5.92 Å². The molecule has 0 aliphatic carbocycles. The van der Waals surface area contributed by atoms with Gasteiger partial charge in [0.1, 0.15) is 5.60 Å². The summed E-state index contributed by atoms with van der Waals surface area (Å²) in [4.78, 5) is 21.8. The third-order valence-electron chi connectivity index (χ3n) is 6.35. The number of piperazine rings is 1. The maximum Gasteiger partial charge on any atom is 0.410 e. The zero-order valence-electron chi connectivity index (χ0n) is 23.8. The van der Waals surface area contributed by atoms with Crippen molar-refractivity contribution >= 4 is 40.8 Å². The highest BCUT2D eigenvalue weighted by atomic mass is 35.5. The van der Waals surface area contributed by atoms with E-state index in [9.17, 15) is 4.79 Å². The Kier molecular flexibility index (Phi) is 11.6. The summed E-state index contributed by atoms with van der Waals surface area (Å²) in [5.74, 6) is 0.833. The molecule has 0 atom stereocenters. The van der Waals surface area contributed by atoms with Crippen LogP contribution in [-0.4, -0.2) is 74.5 Å². The third-order valence-corrected chi connectivity index (χ3v) is 7.71. The molecule has 4 rings (SSSR count). The molecule has 0 unspecified atom stereocenters. The zero-order valence-corrected chi connectivity index (χ0v) is 25.4. The molecule has 6 nitrogen and oxygen atoms in total. The molecule has 0 radical (unpaired) electrons. The van der Waals surface area contributed by atoms with Gasteiger partial charge >= 0.3 is 6.09 Å². The first-order chi connectivity index (χ1) is 18.1. The lowest BCUT2D eigenvalue weighted by Crippen LogP contribution is -2.50.